The summed E-state index contributed by atoms with van der Waals surface area (Å²) in [6.07, 6.45) is 4.64. The third kappa shape index (κ3) is 3.52. The first-order valence-electron chi connectivity index (χ1n) is 6.91. The monoisotopic (exact) mass is 240 g/mol. The van der Waals surface area contributed by atoms with Crippen molar-refractivity contribution in [1.29, 1.82) is 0 Å². The van der Waals surface area contributed by atoms with Crippen LogP contribution in [-0.2, 0) is 14.3 Å². The molecule has 1 heterocycles. The molecular formula is C14H24O3. The van der Waals surface area contributed by atoms with Crippen molar-refractivity contribution in [2.45, 2.75) is 52.2 Å². The van der Waals surface area contributed by atoms with E-state index in [1.54, 1.807) is 0 Å². The average Bonchev–Trinajstić information content (AvgIpc) is 2.78. The van der Waals surface area contributed by atoms with Crippen molar-refractivity contribution in [2.24, 2.45) is 17.8 Å². The van der Waals surface area contributed by atoms with Gasteiger partial charge >= 0.3 is 0 Å². The lowest BCUT2D eigenvalue weighted by molar-refractivity contribution is -0.123. The number of Topliss-reactive ketones (excluding diaryl/α,β-unsaturated/α-hetero) is 1. The first-order valence-corrected chi connectivity index (χ1v) is 6.91. The minimum atomic E-state index is -0.0140. The highest BCUT2D eigenvalue weighted by atomic mass is 16.7. The van der Waals surface area contributed by atoms with Gasteiger partial charge < -0.3 is 9.47 Å². The Hall–Kier alpha value is -0.410. The van der Waals surface area contributed by atoms with Gasteiger partial charge in [-0.3, -0.25) is 4.79 Å². The molecule has 1 aliphatic carbocycles. The molecule has 3 nitrogen and oxygen atoms in total. The Bertz CT molecular complexity index is 256. The van der Waals surface area contributed by atoms with Gasteiger partial charge in [0.25, 0.3) is 0 Å². The van der Waals surface area contributed by atoms with Crippen molar-refractivity contribution < 1.29 is 14.3 Å². The van der Waals surface area contributed by atoms with Gasteiger partial charge in [0.1, 0.15) is 5.78 Å². The number of hydrogen-bond acceptors (Lipinski definition) is 3. The third-order valence-corrected chi connectivity index (χ3v) is 4.17. The predicted molar refractivity (Wildman–Crippen MR) is 65.6 cm³/mol. The highest BCUT2D eigenvalue weighted by Gasteiger charge is 2.31. The summed E-state index contributed by atoms with van der Waals surface area (Å²) in [5, 5.41) is 0. The quantitative estimate of drug-likeness (QED) is 0.758. The van der Waals surface area contributed by atoms with Gasteiger partial charge in [-0.1, -0.05) is 13.8 Å². The summed E-state index contributed by atoms with van der Waals surface area (Å²) in [7, 11) is 0. The summed E-state index contributed by atoms with van der Waals surface area (Å²) in [4.78, 5) is 11.6. The molecule has 0 unspecified atom stereocenters. The van der Waals surface area contributed by atoms with Crippen LogP contribution in [0.1, 0.15) is 46.0 Å². The van der Waals surface area contributed by atoms with E-state index >= 15 is 0 Å². The number of carbonyl (C=O) groups is 1. The summed E-state index contributed by atoms with van der Waals surface area (Å²) in [6, 6.07) is 0. The lowest BCUT2D eigenvalue weighted by atomic mass is 9.71. The second kappa shape index (κ2) is 5.96. The number of carbonyl (C=O) groups excluding carboxylic acids is 1. The topological polar surface area (TPSA) is 35.5 Å². The van der Waals surface area contributed by atoms with Gasteiger partial charge in [-0.25, -0.2) is 0 Å². The zero-order valence-electron chi connectivity index (χ0n) is 11.0. The number of ether oxygens (including phenoxy) is 2. The lowest BCUT2D eigenvalue weighted by Gasteiger charge is -2.34. The Morgan fingerprint density at radius 2 is 1.94 bits per heavy atom. The Balaban J connectivity index is 1.83. The van der Waals surface area contributed by atoms with Crippen LogP contribution in [-0.4, -0.2) is 25.3 Å². The number of ketones is 1. The third-order valence-electron chi connectivity index (χ3n) is 4.17. The molecule has 0 bridgehead atoms. The second-order valence-electron chi connectivity index (χ2n) is 5.70. The maximum atomic E-state index is 11.6. The van der Waals surface area contributed by atoms with E-state index < -0.39 is 0 Å². The smallest absolute Gasteiger partial charge is 0.157 e. The fourth-order valence-corrected chi connectivity index (χ4v) is 3.23. The van der Waals surface area contributed by atoms with Crippen LogP contribution in [0.4, 0.5) is 0 Å². The average molecular weight is 240 g/mol. The fourth-order valence-electron chi connectivity index (χ4n) is 3.23. The molecule has 0 N–H and O–H groups in total. The zero-order chi connectivity index (χ0) is 12.3. The van der Waals surface area contributed by atoms with Crippen LogP contribution in [0.2, 0.25) is 0 Å². The van der Waals surface area contributed by atoms with E-state index in [9.17, 15) is 4.79 Å². The van der Waals surface area contributed by atoms with E-state index in [4.69, 9.17) is 9.47 Å². The molecule has 17 heavy (non-hydrogen) atoms. The molecule has 0 amide bonds. The first kappa shape index (κ1) is 13.0. The second-order valence-corrected chi connectivity index (χ2v) is 5.70. The minimum Gasteiger partial charge on any atom is -0.350 e. The fraction of sp³-hybridized carbons (Fsp3) is 0.929. The molecule has 1 saturated heterocycles. The van der Waals surface area contributed by atoms with Gasteiger partial charge in [-0.15, -0.1) is 0 Å². The van der Waals surface area contributed by atoms with Crippen molar-refractivity contribution in [3.8, 4) is 0 Å². The first-order chi connectivity index (χ1) is 8.16. The van der Waals surface area contributed by atoms with Crippen LogP contribution in [0, 0.1) is 17.8 Å². The maximum Gasteiger partial charge on any atom is 0.157 e. The molecule has 2 aliphatic rings. The van der Waals surface area contributed by atoms with Crippen LogP contribution in [0.5, 0.6) is 0 Å². The zero-order valence-corrected chi connectivity index (χ0v) is 11.0. The van der Waals surface area contributed by atoms with Crippen molar-refractivity contribution in [2.75, 3.05) is 13.2 Å². The van der Waals surface area contributed by atoms with Gasteiger partial charge in [0, 0.05) is 12.8 Å². The van der Waals surface area contributed by atoms with E-state index in [0.29, 0.717) is 23.5 Å². The molecule has 0 aromatic carbocycles. The van der Waals surface area contributed by atoms with Crippen LogP contribution >= 0.6 is 0 Å². The minimum absolute atomic E-state index is 0.0140. The number of rotatable bonds is 4. The Kier molecular flexibility index (Phi) is 4.57. The molecule has 0 radical (unpaired) electrons. The standard InChI is InChI=1S/C14H24O3/c1-10(2)13-5-4-12(15)9-11(13)3-6-14-16-7-8-17-14/h10-11,13-14H,3-9H2,1-2H3/t11-,13+/m1/s1. The van der Waals surface area contributed by atoms with Crippen LogP contribution in [0.25, 0.3) is 0 Å². The summed E-state index contributed by atoms with van der Waals surface area (Å²) in [5.74, 6) is 2.37. The van der Waals surface area contributed by atoms with Crippen molar-refractivity contribution in [3.63, 3.8) is 0 Å². The number of hydrogen-bond donors (Lipinski definition) is 0. The van der Waals surface area contributed by atoms with Gasteiger partial charge in [-0.05, 0) is 37.0 Å². The summed E-state index contributed by atoms with van der Waals surface area (Å²) in [6.45, 7) is 6.00. The van der Waals surface area contributed by atoms with Crippen LogP contribution < -0.4 is 0 Å². The van der Waals surface area contributed by atoms with E-state index in [-0.39, 0.29) is 6.29 Å². The molecule has 1 aliphatic heterocycles. The molecule has 2 atom stereocenters. The normalized spacial score (nSPS) is 31.4. The maximum absolute atomic E-state index is 11.6. The van der Waals surface area contributed by atoms with Crippen molar-refractivity contribution in [3.05, 3.63) is 0 Å². The lowest BCUT2D eigenvalue weighted by Crippen LogP contribution is -2.29. The van der Waals surface area contributed by atoms with E-state index in [1.807, 2.05) is 0 Å². The molecule has 2 rings (SSSR count). The van der Waals surface area contributed by atoms with E-state index in [0.717, 1.165) is 45.3 Å². The SMILES string of the molecule is CC(C)[C@@H]1CCC(=O)C[C@H]1CCC1OCCO1. The van der Waals surface area contributed by atoms with Crippen molar-refractivity contribution in [1.82, 2.24) is 0 Å². The molecule has 3 heteroatoms. The van der Waals surface area contributed by atoms with Gasteiger partial charge in [0.2, 0.25) is 0 Å². The molecule has 0 aromatic rings. The molecule has 2 fully saturated rings. The Labute approximate surface area is 104 Å². The van der Waals surface area contributed by atoms with Gasteiger partial charge in [0.05, 0.1) is 13.2 Å². The van der Waals surface area contributed by atoms with Gasteiger partial charge in [-0.2, -0.15) is 0 Å². The van der Waals surface area contributed by atoms with E-state index in [2.05, 4.69) is 13.8 Å². The Morgan fingerprint density at radius 1 is 1.24 bits per heavy atom. The predicted octanol–water partition coefficient (Wildman–Crippen LogP) is 2.78. The van der Waals surface area contributed by atoms with Crippen LogP contribution in [0.3, 0.4) is 0 Å². The largest absolute Gasteiger partial charge is 0.350 e. The van der Waals surface area contributed by atoms with E-state index in [1.165, 1.54) is 0 Å². The highest BCUT2D eigenvalue weighted by Crippen LogP contribution is 2.36. The Morgan fingerprint density at radius 3 is 2.59 bits per heavy atom. The summed E-state index contributed by atoms with van der Waals surface area (Å²) < 4.78 is 10.9. The van der Waals surface area contributed by atoms with Crippen molar-refractivity contribution >= 4 is 5.78 Å². The molecule has 98 valence electrons. The van der Waals surface area contributed by atoms with Gasteiger partial charge in [0.15, 0.2) is 6.29 Å². The highest BCUT2D eigenvalue weighted by molar-refractivity contribution is 5.79. The molecule has 0 aromatic heterocycles. The summed E-state index contributed by atoms with van der Waals surface area (Å²) in [5.41, 5.74) is 0. The molecule has 1 saturated carbocycles. The molecular weight excluding hydrogens is 216 g/mol. The van der Waals surface area contributed by atoms with Crippen LogP contribution in [0.15, 0.2) is 0 Å². The molecule has 0 spiro atoms. The summed E-state index contributed by atoms with van der Waals surface area (Å²) >= 11 is 0.